The first kappa shape index (κ1) is 12.2. The fraction of sp³-hybridized carbons (Fsp3) is 0.467. The van der Waals surface area contributed by atoms with E-state index in [1.165, 1.54) is 33.3 Å². The van der Waals surface area contributed by atoms with Gasteiger partial charge >= 0.3 is 0 Å². The quantitative estimate of drug-likeness (QED) is 0.811. The highest BCUT2D eigenvalue weighted by molar-refractivity contribution is 5.91. The minimum Gasteiger partial charge on any atom is -0.358 e. The molecule has 1 aromatic heterocycles. The lowest BCUT2D eigenvalue weighted by molar-refractivity contribution is 0.446. The summed E-state index contributed by atoms with van der Waals surface area (Å²) in [6.45, 7) is 11.0. The van der Waals surface area contributed by atoms with E-state index < -0.39 is 0 Å². The molecule has 92 valence electrons. The van der Waals surface area contributed by atoms with Gasteiger partial charge in [0.2, 0.25) is 0 Å². The maximum Gasteiger partial charge on any atom is 0.0491 e. The van der Waals surface area contributed by atoms with Crippen molar-refractivity contribution in [3.63, 3.8) is 0 Å². The molecule has 0 unspecified atom stereocenters. The predicted molar refractivity (Wildman–Crippen MR) is 74.6 cm³/mol. The molecule has 2 heteroatoms. The first-order chi connectivity index (χ1) is 7.88. The summed E-state index contributed by atoms with van der Waals surface area (Å²) in [5.41, 5.74) is 6.56. The number of aromatic nitrogens is 1. The van der Waals surface area contributed by atoms with E-state index in [0.717, 1.165) is 0 Å². The van der Waals surface area contributed by atoms with Gasteiger partial charge < -0.3 is 10.3 Å². The monoisotopic (exact) mass is 230 g/mol. The molecular formula is C15H22N2. The third kappa shape index (κ3) is 1.77. The molecule has 2 nitrogen and oxygen atoms in total. The maximum absolute atomic E-state index is 3.54. The number of rotatable bonds is 2. The number of nitrogens with one attached hydrogen (secondary N) is 2. The van der Waals surface area contributed by atoms with Gasteiger partial charge in [-0.3, -0.25) is 0 Å². The molecule has 0 aliphatic rings. The van der Waals surface area contributed by atoms with Gasteiger partial charge in [0, 0.05) is 27.7 Å². The van der Waals surface area contributed by atoms with Gasteiger partial charge in [-0.25, -0.2) is 0 Å². The van der Waals surface area contributed by atoms with Crippen LogP contribution in [0, 0.1) is 20.8 Å². The summed E-state index contributed by atoms with van der Waals surface area (Å²) in [6, 6.07) is 4.39. The molecule has 2 aromatic rings. The molecular weight excluding hydrogens is 208 g/mol. The van der Waals surface area contributed by atoms with Crippen LogP contribution in [0.1, 0.15) is 36.2 Å². The lowest BCUT2D eigenvalue weighted by Gasteiger charge is -2.25. The Kier molecular flexibility index (Phi) is 2.78. The van der Waals surface area contributed by atoms with Crippen LogP contribution in [0.3, 0.4) is 0 Å². The zero-order chi connectivity index (χ0) is 12.8. The summed E-state index contributed by atoms with van der Waals surface area (Å²) in [5.74, 6) is 0. The summed E-state index contributed by atoms with van der Waals surface area (Å²) in [7, 11) is 2.02. The second-order valence-corrected chi connectivity index (χ2v) is 5.45. The molecule has 1 aromatic carbocycles. The van der Waals surface area contributed by atoms with Gasteiger partial charge in [-0.1, -0.05) is 12.1 Å². The average molecular weight is 230 g/mol. The van der Waals surface area contributed by atoms with Crippen molar-refractivity contribution < 1.29 is 0 Å². The number of benzene rings is 1. The van der Waals surface area contributed by atoms with Gasteiger partial charge in [-0.05, 0) is 52.8 Å². The van der Waals surface area contributed by atoms with Gasteiger partial charge in [-0.2, -0.15) is 0 Å². The third-order valence-corrected chi connectivity index (χ3v) is 3.81. The largest absolute Gasteiger partial charge is 0.358 e. The standard InChI is InChI=1S/C15H22N2/c1-9-7-8-10(2)14-12(9)13(11(3)17-14)15(4,5)16-6/h7-8,16-17H,1-6H3. The maximum atomic E-state index is 3.54. The molecule has 0 spiro atoms. The summed E-state index contributed by atoms with van der Waals surface area (Å²) in [4.78, 5) is 3.54. The number of hydrogen-bond acceptors (Lipinski definition) is 1. The Hall–Kier alpha value is -1.28. The fourth-order valence-electron chi connectivity index (χ4n) is 2.64. The zero-order valence-corrected chi connectivity index (χ0v) is 11.7. The summed E-state index contributed by atoms with van der Waals surface area (Å²) >= 11 is 0. The van der Waals surface area contributed by atoms with Gasteiger partial charge in [0.05, 0.1) is 0 Å². The van der Waals surface area contributed by atoms with Crippen LogP contribution < -0.4 is 5.32 Å². The summed E-state index contributed by atoms with van der Waals surface area (Å²) in [5, 5.41) is 4.78. The van der Waals surface area contributed by atoms with Gasteiger partial charge in [-0.15, -0.1) is 0 Å². The van der Waals surface area contributed by atoms with Crippen LogP contribution in [-0.2, 0) is 5.54 Å². The highest BCUT2D eigenvalue weighted by Crippen LogP contribution is 2.34. The van der Waals surface area contributed by atoms with E-state index in [1.807, 2.05) is 7.05 Å². The third-order valence-electron chi connectivity index (χ3n) is 3.81. The van der Waals surface area contributed by atoms with Crippen LogP contribution in [0.4, 0.5) is 0 Å². The minimum atomic E-state index is -0.0130. The van der Waals surface area contributed by atoms with Crippen molar-refractivity contribution >= 4 is 10.9 Å². The van der Waals surface area contributed by atoms with E-state index in [4.69, 9.17) is 0 Å². The first-order valence-corrected chi connectivity index (χ1v) is 6.16. The fourth-order valence-corrected chi connectivity index (χ4v) is 2.64. The lowest BCUT2D eigenvalue weighted by Crippen LogP contribution is -2.33. The van der Waals surface area contributed by atoms with Crippen LogP contribution in [0.15, 0.2) is 12.1 Å². The number of aromatic amines is 1. The first-order valence-electron chi connectivity index (χ1n) is 6.16. The minimum absolute atomic E-state index is 0.0130. The Morgan fingerprint density at radius 3 is 2.24 bits per heavy atom. The van der Waals surface area contributed by atoms with Crippen LogP contribution in [0.2, 0.25) is 0 Å². The number of fused-ring (bicyclic) bond motifs is 1. The molecule has 0 aliphatic carbocycles. The van der Waals surface area contributed by atoms with Crippen LogP contribution in [0.25, 0.3) is 10.9 Å². The molecule has 0 saturated heterocycles. The van der Waals surface area contributed by atoms with E-state index in [9.17, 15) is 0 Å². The van der Waals surface area contributed by atoms with Crippen molar-refractivity contribution in [2.24, 2.45) is 0 Å². The summed E-state index contributed by atoms with van der Waals surface area (Å²) < 4.78 is 0. The Morgan fingerprint density at radius 2 is 1.65 bits per heavy atom. The van der Waals surface area contributed by atoms with E-state index in [-0.39, 0.29) is 5.54 Å². The van der Waals surface area contributed by atoms with Gasteiger partial charge in [0.1, 0.15) is 0 Å². The summed E-state index contributed by atoms with van der Waals surface area (Å²) in [6.07, 6.45) is 0. The van der Waals surface area contributed by atoms with E-state index in [2.05, 4.69) is 57.1 Å². The van der Waals surface area contributed by atoms with Gasteiger partial charge in [0.25, 0.3) is 0 Å². The highest BCUT2D eigenvalue weighted by atomic mass is 14.9. The molecule has 0 aliphatic heterocycles. The molecule has 0 atom stereocenters. The molecule has 2 rings (SSSR count). The molecule has 0 fully saturated rings. The van der Waals surface area contributed by atoms with E-state index >= 15 is 0 Å². The molecule has 0 radical (unpaired) electrons. The second kappa shape index (κ2) is 3.88. The van der Waals surface area contributed by atoms with E-state index in [1.54, 1.807) is 0 Å². The van der Waals surface area contributed by atoms with Crippen molar-refractivity contribution in [3.05, 3.63) is 34.5 Å². The van der Waals surface area contributed by atoms with Crippen LogP contribution in [0.5, 0.6) is 0 Å². The molecule has 0 bridgehead atoms. The van der Waals surface area contributed by atoms with Gasteiger partial charge in [0.15, 0.2) is 0 Å². The highest BCUT2D eigenvalue weighted by Gasteiger charge is 2.25. The smallest absolute Gasteiger partial charge is 0.0491 e. The Labute approximate surface area is 103 Å². The van der Waals surface area contributed by atoms with Crippen LogP contribution >= 0.6 is 0 Å². The zero-order valence-electron chi connectivity index (χ0n) is 11.7. The second-order valence-electron chi connectivity index (χ2n) is 5.45. The normalized spacial score (nSPS) is 12.4. The number of H-pyrrole nitrogens is 1. The molecule has 0 saturated carbocycles. The molecule has 0 amide bonds. The molecule has 1 heterocycles. The number of hydrogen-bond donors (Lipinski definition) is 2. The average Bonchev–Trinajstić information content (AvgIpc) is 2.63. The lowest BCUT2D eigenvalue weighted by atomic mass is 9.89. The van der Waals surface area contributed by atoms with Crippen molar-refractivity contribution in [2.45, 2.75) is 40.2 Å². The van der Waals surface area contributed by atoms with Crippen molar-refractivity contribution in [3.8, 4) is 0 Å². The molecule has 17 heavy (non-hydrogen) atoms. The Bertz CT molecular complexity index is 562. The van der Waals surface area contributed by atoms with Crippen molar-refractivity contribution in [1.29, 1.82) is 0 Å². The Morgan fingerprint density at radius 1 is 1.06 bits per heavy atom. The van der Waals surface area contributed by atoms with E-state index in [0.29, 0.717) is 0 Å². The van der Waals surface area contributed by atoms with Crippen molar-refractivity contribution in [2.75, 3.05) is 7.05 Å². The number of aryl methyl sites for hydroxylation is 3. The Balaban J connectivity index is 2.89. The SMILES string of the molecule is CNC(C)(C)c1c(C)[nH]c2c(C)ccc(C)c12. The van der Waals surface area contributed by atoms with Crippen LogP contribution in [-0.4, -0.2) is 12.0 Å². The van der Waals surface area contributed by atoms with Crippen molar-refractivity contribution in [1.82, 2.24) is 10.3 Å². The predicted octanol–water partition coefficient (Wildman–Crippen LogP) is 3.55. The molecule has 2 N–H and O–H groups in total. The topological polar surface area (TPSA) is 27.8 Å².